The number of benzene rings is 1. The fourth-order valence-corrected chi connectivity index (χ4v) is 2.82. The van der Waals surface area contributed by atoms with Crippen molar-refractivity contribution in [3.05, 3.63) is 35.5 Å². The van der Waals surface area contributed by atoms with E-state index in [1.54, 1.807) is 12.1 Å². The van der Waals surface area contributed by atoms with Crippen LogP contribution in [-0.2, 0) is 12.8 Å². The molecule has 3 rings (SSSR count). The first-order valence-electron chi connectivity index (χ1n) is 7.71. The fraction of sp³-hybridized carbons (Fsp3) is 0.412. The molecule has 0 spiro atoms. The summed E-state index contributed by atoms with van der Waals surface area (Å²) >= 11 is 0. The predicted molar refractivity (Wildman–Crippen MR) is 84.6 cm³/mol. The molecule has 0 radical (unpaired) electrons. The van der Waals surface area contributed by atoms with Crippen molar-refractivity contribution < 1.29 is 5.11 Å². The third-order valence-corrected chi connectivity index (χ3v) is 3.90. The summed E-state index contributed by atoms with van der Waals surface area (Å²) in [6.45, 7) is 2.95. The second-order valence-electron chi connectivity index (χ2n) is 5.46. The van der Waals surface area contributed by atoms with E-state index in [1.165, 1.54) is 30.5 Å². The monoisotopic (exact) mass is 283 g/mol. The zero-order chi connectivity index (χ0) is 14.7. The van der Waals surface area contributed by atoms with Crippen molar-refractivity contribution in [2.24, 2.45) is 0 Å². The first-order chi connectivity index (χ1) is 10.3. The van der Waals surface area contributed by atoms with Gasteiger partial charge in [0.2, 0.25) is 0 Å². The van der Waals surface area contributed by atoms with Gasteiger partial charge in [-0.25, -0.2) is 9.97 Å². The third-order valence-electron chi connectivity index (χ3n) is 3.90. The number of fused-ring (bicyclic) bond motifs is 1. The maximum absolute atomic E-state index is 9.42. The van der Waals surface area contributed by atoms with E-state index in [0.29, 0.717) is 0 Å². The van der Waals surface area contributed by atoms with Crippen LogP contribution >= 0.6 is 0 Å². The summed E-state index contributed by atoms with van der Waals surface area (Å²) in [5, 5.41) is 12.8. The van der Waals surface area contributed by atoms with Crippen LogP contribution in [0.1, 0.15) is 37.4 Å². The lowest BCUT2D eigenvalue weighted by molar-refractivity contribution is 0.475. The van der Waals surface area contributed by atoms with Gasteiger partial charge in [-0.3, -0.25) is 0 Å². The summed E-state index contributed by atoms with van der Waals surface area (Å²) in [6, 6.07) is 7.08. The molecular weight excluding hydrogens is 262 g/mol. The number of aromatic nitrogens is 2. The van der Waals surface area contributed by atoms with Gasteiger partial charge in [0.25, 0.3) is 0 Å². The molecular formula is C17H21N3O. The Kier molecular flexibility index (Phi) is 4.04. The highest BCUT2D eigenvalue weighted by Gasteiger charge is 2.17. The van der Waals surface area contributed by atoms with Crippen molar-refractivity contribution in [1.82, 2.24) is 9.97 Å². The third kappa shape index (κ3) is 2.99. The zero-order valence-corrected chi connectivity index (χ0v) is 12.4. The Balaban J connectivity index is 2.07. The van der Waals surface area contributed by atoms with E-state index in [-0.39, 0.29) is 5.75 Å². The minimum Gasteiger partial charge on any atom is -0.508 e. The predicted octanol–water partition coefficient (Wildman–Crippen LogP) is 3.55. The van der Waals surface area contributed by atoms with Crippen molar-refractivity contribution >= 4 is 5.82 Å². The van der Waals surface area contributed by atoms with Gasteiger partial charge in [-0.05, 0) is 56.9 Å². The lowest BCUT2D eigenvalue weighted by atomic mass is 10.1. The number of hydrogen-bond acceptors (Lipinski definition) is 4. The molecule has 2 N–H and O–H groups in total. The normalized spacial score (nSPS) is 14.3. The van der Waals surface area contributed by atoms with Gasteiger partial charge in [-0.2, -0.15) is 0 Å². The molecule has 1 aliphatic rings. The van der Waals surface area contributed by atoms with Crippen LogP contribution < -0.4 is 5.32 Å². The molecule has 0 aliphatic heterocycles. The van der Waals surface area contributed by atoms with Gasteiger partial charge in [0.15, 0.2) is 5.82 Å². The van der Waals surface area contributed by atoms with E-state index < -0.39 is 0 Å². The Bertz CT molecular complexity index is 623. The van der Waals surface area contributed by atoms with Crippen LogP contribution in [0.25, 0.3) is 11.4 Å². The van der Waals surface area contributed by atoms with E-state index in [2.05, 4.69) is 12.2 Å². The number of aryl methyl sites for hydroxylation is 1. The molecule has 1 aliphatic carbocycles. The number of anilines is 1. The second-order valence-corrected chi connectivity index (χ2v) is 5.46. The van der Waals surface area contributed by atoms with Gasteiger partial charge in [0.05, 0.1) is 0 Å². The van der Waals surface area contributed by atoms with Crippen molar-refractivity contribution in [2.75, 3.05) is 11.9 Å². The lowest BCUT2D eigenvalue weighted by Gasteiger charge is -2.14. The van der Waals surface area contributed by atoms with E-state index in [1.807, 2.05) is 12.1 Å². The van der Waals surface area contributed by atoms with Gasteiger partial charge < -0.3 is 10.4 Å². The first-order valence-corrected chi connectivity index (χ1v) is 7.71. The SMILES string of the molecule is CCNc1nc(-c2ccc(O)cc2)nc2c1CCCCC2. The van der Waals surface area contributed by atoms with Gasteiger partial charge in [0, 0.05) is 23.4 Å². The number of phenolic OH excluding ortho intramolecular Hbond substituents is 1. The number of aromatic hydroxyl groups is 1. The van der Waals surface area contributed by atoms with Crippen LogP contribution in [0.2, 0.25) is 0 Å². The van der Waals surface area contributed by atoms with Crippen molar-refractivity contribution in [3.63, 3.8) is 0 Å². The molecule has 4 nitrogen and oxygen atoms in total. The van der Waals surface area contributed by atoms with E-state index in [0.717, 1.165) is 36.6 Å². The molecule has 1 heterocycles. The van der Waals surface area contributed by atoms with Crippen LogP contribution in [-0.4, -0.2) is 21.6 Å². The number of nitrogens with zero attached hydrogens (tertiary/aromatic N) is 2. The number of nitrogens with one attached hydrogen (secondary N) is 1. The molecule has 2 aromatic rings. The minimum absolute atomic E-state index is 0.264. The van der Waals surface area contributed by atoms with E-state index >= 15 is 0 Å². The topological polar surface area (TPSA) is 58.0 Å². The Labute approximate surface area is 125 Å². The lowest BCUT2D eigenvalue weighted by Crippen LogP contribution is -2.09. The van der Waals surface area contributed by atoms with E-state index in [4.69, 9.17) is 9.97 Å². The zero-order valence-electron chi connectivity index (χ0n) is 12.4. The standard InChI is InChI=1S/C17H21N3O/c1-2-18-17-14-6-4-3-5-7-15(14)19-16(20-17)12-8-10-13(21)11-9-12/h8-11,21H,2-7H2,1H3,(H,18,19,20). The summed E-state index contributed by atoms with van der Waals surface area (Å²) in [5.41, 5.74) is 3.41. The molecule has 0 bridgehead atoms. The highest BCUT2D eigenvalue weighted by molar-refractivity contribution is 5.61. The summed E-state index contributed by atoms with van der Waals surface area (Å²) in [6.07, 6.45) is 5.77. The smallest absolute Gasteiger partial charge is 0.161 e. The molecule has 0 fully saturated rings. The fourth-order valence-electron chi connectivity index (χ4n) is 2.82. The minimum atomic E-state index is 0.264. The van der Waals surface area contributed by atoms with Gasteiger partial charge >= 0.3 is 0 Å². The highest BCUT2D eigenvalue weighted by atomic mass is 16.3. The molecule has 0 saturated heterocycles. The first kappa shape index (κ1) is 13.9. The van der Waals surface area contributed by atoms with Gasteiger partial charge in [0.1, 0.15) is 11.6 Å². The Morgan fingerprint density at radius 2 is 1.81 bits per heavy atom. The van der Waals surface area contributed by atoms with Crippen LogP contribution in [0.4, 0.5) is 5.82 Å². The maximum atomic E-state index is 9.42. The molecule has 0 saturated carbocycles. The molecule has 0 atom stereocenters. The van der Waals surface area contributed by atoms with Gasteiger partial charge in [-0.1, -0.05) is 6.42 Å². The summed E-state index contributed by atoms with van der Waals surface area (Å²) < 4.78 is 0. The second kappa shape index (κ2) is 6.12. The van der Waals surface area contributed by atoms with Crippen LogP contribution in [0, 0.1) is 0 Å². The Hall–Kier alpha value is -2.10. The molecule has 0 amide bonds. The van der Waals surface area contributed by atoms with Crippen LogP contribution in [0.5, 0.6) is 5.75 Å². The maximum Gasteiger partial charge on any atom is 0.161 e. The summed E-state index contributed by atoms with van der Waals surface area (Å²) in [7, 11) is 0. The summed E-state index contributed by atoms with van der Waals surface area (Å²) in [4.78, 5) is 9.50. The van der Waals surface area contributed by atoms with Crippen molar-refractivity contribution in [3.8, 4) is 17.1 Å². The largest absolute Gasteiger partial charge is 0.508 e. The number of hydrogen-bond donors (Lipinski definition) is 2. The molecule has 1 aromatic carbocycles. The van der Waals surface area contributed by atoms with Crippen LogP contribution in [0.3, 0.4) is 0 Å². The molecule has 4 heteroatoms. The summed E-state index contributed by atoms with van der Waals surface area (Å²) in [5.74, 6) is 1.99. The Morgan fingerprint density at radius 1 is 1.05 bits per heavy atom. The molecule has 1 aromatic heterocycles. The average Bonchev–Trinajstić information content (AvgIpc) is 2.73. The highest BCUT2D eigenvalue weighted by Crippen LogP contribution is 2.28. The molecule has 110 valence electrons. The molecule has 0 unspecified atom stereocenters. The van der Waals surface area contributed by atoms with Crippen molar-refractivity contribution in [1.29, 1.82) is 0 Å². The number of phenols is 1. The average molecular weight is 283 g/mol. The van der Waals surface area contributed by atoms with Crippen LogP contribution in [0.15, 0.2) is 24.3 Å². The molecule has 21 heavy (non-hydrogen) atoms. The quantitative estimate of drug-likeness (QED) is 0.846. The number of rotatable bonds is 3. The Morgan fingerprint density at radius 3 is 2.57 bits per heavy atom. The van der Waals surface area contributed by atoms with Gasteiger partial charge in [-0.15, -0.1) is 0 Å². The van der Waals surface area contributed by atoms with E-state index in [9.17, 15) is 5.11 Å². The van der Waals surface area contributed by atoms with Crippen molar-refractivity contribution in [2.45, 2.75) is 39.0 Å².